The summed E-state index contributed by atoms with van der Waals surface area (Å²) in [5.74, 6) is 0. The van der Waals surface area contributed by atoms with E-state index in [-0.39, 0.29) is 5.41 Å². The van der Waals surface area contributed by atoms with Crippen LogP contribution in [-0.2, 0) is 14.7 Å². The van der Waals surface area contributed by atoms with Crippen molar-refractivity contribution in [1.82, 2.24) is 0 Å². The van der Waals surface area contributed by atoms with E-state index in [4.69, 9.17) is 13.7 Å². The summed E-state index contributed by atoms with van der Waals surface area (Å²) in [5, 5.41) is 2.42. The molecule has 0 amide bonds. The Morgan fingerprint density at radius 3 is 2.12 bits per heavy atom. The molecule has 168 valence electrons. The molecule has 1 aliphatic carbocycles. The minimum atomic E-state index is -0.445. The predicted molar refractivity (Wildman–Crippen MR) is 136 cm³/mol. The predicted octanol–water partition coefficient (Wildman–Crippen LogP) is 6.97. The first kappa shape index (κ1) is 21.0. The van der Waals surface area contributed by atoms with Gasteiger partial charge in [-0.1, -0.05) is 56.3 Å². The van der Waals surface area contributed by atoms with Crippen LogP contribution in [0.25, 0.3) is 33.1 Å². The van der Waals surface area contributed by atoms with Gasteiger partial charge in [0.2, 0.25) is 0 Å². The van der Waals surface area contributed by atoms with Gasteiger partial charge in [-0.15, -0.1) is 0 Å². The van der Waals surface area contributed by atoms with Crippen LogP contribution in [0.1, 0.15) is 65.5 Å². The fourth-order valence-corrected chi connectivity index (χ4v) is 6.07. The molecule has 3 nitrogen and oxygen atoms in total. The quantitative estimate of drug-likeness (QED) is 0.324. The summed E-state index contributed by atoms with van der Waals surface area (Å²) in [6, 6.07) is 19.5. The minimum Gasteiger partial charge on any atom is -0.456 e. The van der Waals surface area contributed by atoms with E-state index < -0.39 is 18.3 Å². The van der Waals surface area contributed by atoms with Crippen molar-refractivity contribution in [2.45, 2.75) is 71.0 Å². The lowest BCUT2D eigenvalue weighted by Crippen LogP contribution is -2.41. The fraction of sp³-hybridized carbons (Fsp3) is 0.379. The number of hydrogen-bond donors (Lipinski definition) is 0. The number of fused-ring (bicyclic) bond motifs is 7. The van der Waals surface area contributed by atoms with Crippen LogP contribution in [0.15, 0.2) is 59.0 Å². The SMILES string of the molecule is CCC1(CC)c2ccccc2-c2c(B3OC(C)(C)C(C)(C)O3)cc3oc4ccccc4c3c21. The summed E-state index contributed by atoms with van der Waals surface area (Å²) in [6.07, 6.45) is 2.05. The standard InChI is InChI=1S/C29H31BO3/c1-7-29(8-2)20-15-11-9-13-18(20)24-21(30-32-27(3,4)28(5,6)33-30)17-23-25(26(24)29)19-14-10-12-16-22(19)31-23/h9-17H,7-8H2,1-6H3. The molecule has 0 N–H and O–H groups in total. The Balaban J connectivity index is 1.77. The average Bonchev–Trinajstić information content (AvgIpc) is 3.38. The van der Waals surface area contributed by atoms with Crippen molar-refractivity contribution in [3.8, 4) is 11.1 Å². The number of hydrogen-bond acceptors (Lipinski definition) is 3. The van der Waals surface area contributed by atoms with Crippen molar-refractivity contribution < 1.29 is 13.7 Å². The van der Waals surface area contributed by atoms with Gasteiger partial charge in [-0.05, 0) is 80.4 Å². The molecule has 0 atom stereocenters. The van der Waals surface area contributed by atoms with E-state index in [0.29, 0.717) is 0 Å². The molecule has 33 heavy (non-hydrogen) atoms. The lowest BCUT2D eigenvalue weighted by atomic mass is 9.69. The Hall–Kier alpha value is -2.56. The van der Waals surface area contributed by atoms with Crippen molar-refractivity contribution in [1.29, 1.82) is 0 Å². The fourth-order valence-electron chi connectivity index (χ4n) is 6.07. The first-order valence-corrected chi connectivity index (χ1v) is 12.2. The van der Waals surface area contributed by atoms with Crippen LogP contribution < -0.4 is 5.46 Å². The van der Waals surface area contributed by atoms with E-state index in [2.05, 4.69) is 90.1 Å². The van der Waals surface area contributed by atoms with E-state index in [9.17, 15) is 0 Å². The largest absolute Gasteiger partial charge is 0.495 e. The molecule has 0 unspecified atom stereocenters. The highest BCUT2D eigenvalue weighted by Crippen LogP contribution is 2.56. The molecule has 0 bridgehead atoms. The number of benzene rings is 3. The Labute approximate surface area is 196 Å². The molecule has 0 spiro atoms. The second-order valence-corrected chi connectivity index (χ2v) is 10.6. The van der Waals surface area contributed by atoms with Gasteiger partial charge in [0.15, 0.2) is 0 Å². The second-order valence-electron chi connectivity index (χ2n) is 10.6. The summed E-state index contributed by atoms with van der Waals surface area (Å²) in [6.45, 7) is 13.1. The van der Waals surface area contributed by atoms with E-state index >= 15 is 0 Å². The molecule has 0 radical (unpaired) electrons. The molecule has 6 rings (SSSR count). The van der Waals surface area contributed by atoms with Crippen LogP contribution in [-0.4, -0.2) is 18.3 Å². The molecule has 2 aliphatic rings. The molecule has 1 saturated heterocycles. The van der Waals surface area contributed by atoms with Gasteiger partial charge in [0.25, 0.3) is 0 Å². The maximum atomic E-state index is 6.58. The third-order valence-corrected chi connectivity index (χ3v) is 8.60. The Kier molecular flexibility index (Phi) is 4.29. The molecule has 0 saturated carbocycles. The van der Waals surface area contributed by atoms with Crippen molar-refractivity contribution in [2.24, 2.45) is 0 Å². The number of rotatable bonds is 3. The Morgan fingerprint density at radius 1 is 0.788 bits per heavy atom. The number of furan rings is 1. The smallest absolute Gasteiger partial charge is 0.456 e. The molecular weight excluding hydrogens is 407 g/mol. The summed E-state index contributed by atoms with van der Waals surface area (Å²) in [7, 11) is -0.445. The molecule has 4 aromatic rings. The average molecular weight is 438 g/mol. The molecule has 3 aromatic carbocycles. The van der Waals surface area contributed by atoms with Gasteiger partial charge in [0, 0.05) is 16.2 Å². The summed E-state index contributed by atoms with van der Waals surface area (Å²) >= 11 is 0. The monoisotopic (exact) mass is 438 g/mol. The van der Waals surface area contributed by atoms with E-state index in [1.807, 2.05) is 6.07 Å². The molecular formula is C29H31BO3. The normalized spacial score (nSPS) is 19.9. The van der Waals surface area contributed by atoms with Crippen LogP contribution >= 0.6 is 0 Å². The van der Waals surface area contributed by atoms with Crippen LogP contribution in [0.2, 0.25) is 0 Å². The van der Waals surface area contributed by atoms with Gasteiger partial charge < -0.3 is 13.7 Å². The maximum Gasteiger partial charge on any atom is 0.495 e. The van der Waals surface area contributed by atoms with E-state index in [1.54, 1.807) is 0 Å². The lowest BCUT2D eigenvalue weighted by Gasteiger charge is -2.32. The van der Waals surface area contributed by atoms with E-state index in [1.165, 1.54) is 33.0 Å². The van der Waals surface area contributed by atoms with Gasteiger partial charge in [-0.3, -0.25) is 0 Å². The zero-order valence-electron chi connectivity index (χ0n) is 20.4. The van der Waals surface area contributed by atoms with Gasteiger partial charge in [-0.25, -0.2) is 0 Å². The van der Waals surface area contributed by atoms with Crippen LogP contribution in [0, 0.1) is 0 Å². The number of para-hydroxylation sites is 1. The lowest BCUT2D eigenvalue weighted by molar-refractivity contribution is 0.00578. The summed E-state index contributed by atoms with van der Waals surface area (Å²) < 4.78 is 19.6. The first-order valence-electron chi connectivity index (χ1n) is 12.2. The van der Waals surface area contributed by atoms with Crippen molar-refractivity contribution in [3.05, 3.63) is 65.7 Å². The zero-order chi connectivity index (χ0) is 23.2. The minimum absolute atomic E-state index is 0.0729. The Bertz CT molecular complexity index is 1390. The van der Waals surface area contributed by atoms with Crippen LogP contribution in [0.3, 0.4) is 0 Å². The highest BCUT2D eigenvalue weighted by atomic mass is 16.7. The third kappa shape index (κ3) is 2.60. The van der Waals surface area contributed by atoms with E-state index in [0.717, 1.165) is 29.5 Å². The maximum absolute atomic E-state index is 6.58. The van der Waals surface area contributed by atoms with Crippen molar-refractivity contribution in [2.75, 3.05) is 0 Å². The molecule has 1 aromatic heterocycles. The molecule has 4 heteroatoms. The topological polar surface area (TPSA) is 31.6 Å². The van der Waals surface area contributed by atoms with Crippen molar-refractivity contribution in [3.63, 3.8) is 0 Å². The van der Waals surface area contributed by atoms with Crippen LogP contribution in [0.4, 0.5) is 0 Å². The summed E-state index contributed by atoms with van der Waals surface area (Å²) in [4.78, 5) is 0. The van der Waals surface area contributed by atoms with Gasteiger partial charge in [-0.2, -0.15) is 0 Å². The van der Waals surface area contributed by atoms with Gasteiger partial charge in [0.1, 0.15) is 11.2 Å². The molecule has 1 fully saturated rings. The van der Waals surface area contributed by atoms with Crippen LogP contribution in [0.5, 0.6) is 0 Å². The zero-order valence-corrected chi connectivity index (χ0v) is 20.4. The highest BCUT2D eigenvalue weighted by Gasteiger charge is 2.54. The molecule has 1 aliphatic heterocycles. The Morgan fingerprint density at radius 2 is 1.42 bits per heavy atom. The summed E-state index contributed by atoms with van der Waals surface area (Å²) in [5.41, 5.74) is 7.39. The third-order valence-electron chi connectivity index (χ3n) is 8.60. The first-order chi connectivity index (χ1) is 15.7. The second kappa shape index (κ2) is 6.74. The molecule has 2 heterocycles. The van der Waals surface area contributed by atoms with Gasteiger partial charge in [0.05, 0.1) is 11.2 Å². The van der Waals surface area contributed by atoms with Crippen molar-refractivity contribution >= 4 is 34.5 Å². The highest BCUT2D eigenvalue weighted by molar-refractivity contribution is 6.64. The van der Waals surface area contributed by atoms with Gasteiger partial charge >= 0.3 is 7.12 Å².